The van der Waals surface area contributed by atoms with E-state index < -0.39 is 22.4 Å². The summed E-state index contributed by atoms with van der Waals surface area (Å²) in [5, 5.41) is 8.67. The molecule has 0 aliphatic carbocycles. The van der Waals surface area contributed by atoms with Crippen LogP contribution in [0.1, 0.15) is 29.8 Å². The van der Waals surface area contributed by atoms with Crippen LogP contribution < -0.4 is 0 Å². The molecule has 0 radical (unpaired) electrons. The summed E-state index contributed by atoms with van der Waals surface area (Å²) in [7, 11) is -3.35. The highest BCUT2D eigenvalue weighted by atomic mass is 32.2. The second-order valence-corrected chi connectivity index (χ2v) is 6.65. The first-order chi connectivity index (χ1) is 8.84. The van der Waals surface area contributed by atoms with E-state index in [0.29, 0.717) is 11.1 Å². The Bertz CT molecular complexity index is 534. The third-order valence-electron chi connectivity index (χ3n) is 2.29. The van der Waals surface area contributed by atoms with E-state index in [9.17, 15) is 13.2 Å². The average Bonchev–Trinajstić information content (AvgIpc) is 2.27. The zero-order chi connectivity index (χ0) is 14.5. The molecule has 1 rings (SSSR count). The number of carbonyl (C=O) groups is 1. The van der Waals surface area contributed by atoms with E-state index in [1.165, 1.54) is 6.07 Å². The van der Waals surface area contributed by atoms with Gasteiger partial charge in [-0.15, -0.1) is 0 Å². The third-order valence-corrected chi connectivity index (χ3v) is 3.87. The van der Waals surface area contributed by atoms with Crippen LogP contribution in [0, 0.1) is 0 Å². The van der Waals surface area contributed by atoms with Crippen LogP contribution in [0.25, 0.3) is 0 Å². The average molecular weight is 286 g/mol. The number of esters is 1. The van der Waals surface area contributed by atoms with Gasteiger partial charge in [-0.25, -0.2) is 13.2 Å². The summed E-state index contributed by atoms with van der Waals surface area (Å²) in [5.74, 6) is -0.958. The number of sulfone groups is 1. The summed E-state index contributed by atoms with van der Waals surface area (Å²) in [4.78, 5) is 11.7. The zero-order valence-corrected chi connectivity index (χ0v) is 11.8. The second-order valence-electron chi connectivity index (χ2n) is 4.47. The van der Waals surface area contributed by atoms with Crippen molar-refractivity contribution in [3.63, 3.8) is 0 Å². The standard InChI is InChI=1S/C13H18O5S/c1-10(2)18-13(15)12-5-3-4-11(8-12)9-19(16,17)7-6-14/h3-5,8,10,14H,6-7,9H2,1-2H3. The molecule has 5 nitrogen and oxygen atoms in total. The topological polar surface area (TPSA) is 80.7 Å². The number of aliphatic hydroxyl groups excluding tert-OH is 1. The van der Waals surface area contributed by atoms with Crippen LogP contribution in [0.3, 0.4) is 0 Å². The molecule has 0 aliphatic heterocycles. The first-order valence-corrected chi connectivity index (χ1v) is 7.77. The molecular weight excluding hydrogens is 268 g/mol. The Labute approximate surface area is 113 Å². The number of carbonyl (C=O) groups excluding carboxylic acids is 1. The fourth-order valence-electron chi connectivity index (χ4n) is 1.54. The fraction of sp³-hybridized carbons (Fsp3) is 0.462. The first-order valence-electron chi connectivity index (χ1n) is 5.95. The molecule has 0 heterocycles. The summed E-state index contributed by atoms with van der Waals surface area (Å²) < 4.78 is 28.2. The molecule has 0 atom stereocenters. The maximum absolute atomic E-state index is 11.7. The molecule has 0 amide bonds. The van der Waals surface area contributed by atoms with Crippen LogP contribution >= 0.6 is 0 Å². The summed E-state index contributed by atoms with van der Waals surface area (Å²) in [6.45, 7) is 3.08. The van der Waals surface area contributed by atoms with Crippen molar-refractivity contribution in [1.29, 1.82) is 0 Å². The van der Waals surface area contributed by atoms with Crippen molar-refractivity contribution in [3.8, 4) is 0 Å². The van der Waals surface area contributed by atoms with E-state index in [1.807, 2.05) is 0 Å². The van der Waals surface area contributed by atoms with Gasteiger partial charge in [-0.3, -0.25) is 0 Å². The second kappa shape index (κ2) is 6.68. The number of aliphatic hydroxyl groups is 1. The number of ether oxygens (including phenoxy) is 1. The molecule has 19 heavy (non-hydrogen) atoms. The number of benzene rings is 1. The molecule has 0 spiro atoms. The van der Waals surface area contributed by atoms with Gasteiger partial charge in [0.15, 0.2) is 9.84 Å². The molecule has 0 fully saturated rings. The van der Waals surface area contributed by atoms with Gasteiger partial charge in [0.25, 0.3) is 0 Å². The van der Waals surface area contributed by atoms with Crippen LogP contribution in [0.5, 0.6) is 0 Å². The summed E-state index contributed by atoms with van der Waals surface area (Å²) >= 11 is 0. The van der Waals surface area contributed by atoms with Crippen molar-refractivity contribution >= 4 is 15.8 Å². The van der Waals surface area contributed by atoms with Crippen molar-refractivity contribution < 1.29 is 23.1 Å². The normalized spacial score (nSPS) is 11.6. The van der Waals surface area contributed by atoms with Gasteiger partial charge >= 0.3 is 5.97 Å². The Kier molecular flexibility index (Phi) is 5.50. The van der Waals surface area contributed by atoms with Crippen LogP contribution in [0.15, 0.2) is 24.3 Å². The maximum atomic E-state index is 11.7. The van der Waals surface area contributed by atoms with Gasteiger partial charge in [0.2, 0.25) is 0 Å². The van der Waals surface area contributed by atoms with Crippen molar-refractivity contribution in [3.05, 3.63) is 35.4 Å². The monoisotopic (exact) mass is 286 g/mol. The molecule has 0 unspecified atom stereocenters. The molecule has 1 aromatic rings. The van der Waals surface area contributed by atoms with E-state index in [2.05, 4.69) is 0 Å². The summed E-state index contributed by atoms with van der Waals surface area (Å²) in [6.07, 6.45) is -0.228. The number of hydrogen-bond donors (Lipinski definition) is 1. The highest BCUT2D eigenvalue weighted by molar-refractivity contribution is 7.90. The van der Waals surface area contributed by atoms with Gasteiger partial charge in [0.1, 0.15) is 0 Å². The van der Waals surface area contributed by atoms with Crippen molar-refractivity contribution in [2.24, 2.45) is 0 Å². The molecule has 0 aliphatic rings. The van der Waals surface area contributed by atoms with Crippen LogP contribution in [-0.2, 0) is 20.3 Å². The smallest absolute Gasteiger partial charge is 0.338 e. The zero-order valence-electron chi connectivity index (χ0n) is 11.0. The summed E-state index contributed by atoms with van der Waals surface area (Å²) in [6, 6.07) is 6.31. The Morgan fingerprint density at radius 2 is 2.05 bits per heavy atom. The van der Waals surface area contributed by atoms with E-state index >= 15 is 0 Å². The fourth-order valence-corrected chi connectivity index (χ4v) is 2.65. The maximum Gasteiger partial charge on any atom is 0.338 e. The quantitative estimate of drug-likeness (QED) is 0.794. The van der Waals surface area contributed by atoms with E-state index in [1.54, 1.807) is 32.0 Å². The van der Waals surface area contributed by atoms with E-state index in [4.69, 9.17) is 9.84 Å². The van der Waals surface area contributed by atoms with E-state index in [-0.39, 0.29) is 17.6 Å². The predicted molar refractivity (Wildman–Crippen MR) is 71.6 cm³/mol. The Morgan fingerprint density at radius 1 is 1.37 bits per heavy atom. The van der Waals surface area contributed by atoms with Gasteiger partial charge < -0.3 is 9.84 Å². The molecule has 1 N–H and O–H groups in total. The third kappa shape index (κ3) is 5.40. The lowest BCUT2D eigenvalue weighted by Gasteiger charge is -2.09. The number of rotatable bonds is 6. The van der Waals surface area contributed by atoms with Crippen molar-refractivity contribution in [1.82, 2.24) is 0 Å². The Hall–Kier alpha value is -1.40. The molecule has 0 saturated heterocycles. The Balaban J connectivity index is 2.86. The molecule has 0 aromatic heterocycles. The minimum Gasteiger partial charge on any atom is -0.459 e. The van der Waals surface area contributed by atoms with Gasteiger partial charge in [-0.1, -0.05) is 12.1 Å². The van der Waals surface area contributed by atoms with Crippen LogP contribution in [0.4, 0.5) is 0 Å². The van der Waals surface area contributed by atoms with Crippen molar-refractivity contribution in [2.45, 2.75) is 25.7 Å². The minimum absolute atomic E-state index is 0.198. The highest BCUT2D eigenvalue weighted by Gasteiger charge is 2.14. The molecule has 0 saturated carbocycles. The Morgan fingerprint density at radius 3 is 2.63 bits per heavy atom. The van der Waals surface area contributed by atoms with Gasteiger partial charge in [-0.05, 0) is 31.5 Å². The first kappa shape index (κ1) is 15.7. The van der Waals surface area contributed by atoms with Crippen LogP contribution in [-0.4, -0.2) is 38.0 Å². The lowest BCUT2D eigenvalue weighted by Crippen LogP contribution is -2.14. The van der Waals surface area contributed by atoms with Crippen LogP contribution in [0.2, 0.25) is 0 Å². The SMILES string of the molecule is CC(C)OC(=O)c1cccc(CS(=O)(=O)CCO)c1. The number of hydrogen-bond acceptors (Lipinski definition) is 5. The minimum atomic E-state index is -3.35. The van der Waals surface area contributed by atoms with Gasteiger partial charge in [0, 0.05) is 0 Å². The molecule has 106 valence electrons. The predicted octanol–water partition coefficient (Wildman–Crippen LogP) is 1.16. The molecule has 0 bridgehead atoms. The lowest BCUT2D eigenvalue weighted by molar-refractivity contribution is 0.0377. The largest absolute Gasteiger partial charge is 0.459 e. The summed E-state index contributed by atoms with van der Waals surface area (Å²) in [5.41, 5.74) is 0.831. The molecule has 6 heteroatoms. The molecular formula is C13H18O5S. The lowest BCUT2D eigenvalue weighted by atomic mass is 10.1. The van der Waals surface area contributed by atoms with Gasteiger partial charge in [0.05, 0.1) is 29.8 Å². The molecule has 1 aromatic carbocycles. The van der Waals surface area contributed by atoms with E-state index in [0.717, 1.165) is 0 Å². The highest BCUT2D eigenvalue weighted by Crippen LogP contribution is 2.11. The van der Waals surface area contributed by atoms with Gasteiger partial charge in [-0.2, -0.15) is 0 Å². The van der Waals surface area contributed by atoms with Crippen molar-refractivity contribution in [2.75, 3.05) is 12.4 Å².